The number of thiophene rings is 1. The minimum atomic E-state index is -3.79. The Balaban J connectivity index is 1.83. The van der Waals surface area contributed by atoms with Gasteiger partial charge in [-0.05, 0) is 48.2 Å². The molecule has 1 heterocycles. The highest BCUT2D eigenvalue weighted by atomic mass is 32.2. The van der Waals surface area contributed by atoms with Crippen molar-refractivity contribution in [3.8, 4) is 0 Å². The summed E-state index contributed by atoms with van der Waals surface area (Å²) in [4.78, 5) is 13.2. The first kappa shape index (κ1) is 20.0. The lowest BCUT2D eigenvalue weighted by molar-refractivity contribution is 0.0944. The molecular formula is C20H19FN2O3S2. The summed E-state index contributed by atoms with van der Waals surface area (Å²) in [5.74, 6) is -0.743. The predicted molar refractivity (Wildman–Crippen MR) is 109 cm³/mol. The molecule has 0 aliphatic heterocycles. The maximum Gasteiger partial charge on any atom is 0.264 e. The average Bonchev–Trinajstić information content (AvgIpc) is 3.18. The van der Waals surface area contributed by atoms with E-state index in [1.165, 1.54) is 31.3 Å². The lowest BCUT2D eigenvalue weighted by atomic mass is 10.1. The van der Waals surface area contributed by atoms with E-state index < -0.39 is 15.9 Å². The maximum atomic E-state index is 13.1. The largest absolute Gasteiger partial charge is 0.345 e. The molecule has 1 aromatic heterocycles. The molecule has 2 aromatic carbocycles. The van der Waals surface area contributed by atoms with Crippen molar-refractivity contribution in [2.75, 3.05) is 11.4 Å². The zero-order valence-electron chi connectivity index (χ0n) is 15.3. The van der Waals surface area contributed by atoms with Crippen LogP contribution in [0.3, 0.4) is 0 Å². The normalized spacial score (nSPS) is 12.4. The second kappa shape index (κ2) is 8.12. The van der Waals surface area contributed by atoms with E-state index in [0.29, 0.717) is 5.69 Å². The number of rotatable bonds is 6. The first-order valence-corrected chi connectivity index (χ1v) is 10.8. The van der Waals surface area contributed by atoms with E-state index in [9.17, 15) is 17.6 Å². The molecule has 1 amide bonds. The van der Waals surface area contributed by atoms with Gasteiger partial charge in [0.15, 0.2) is 0 Å². The third-order valence-corrected chi connectivity index (χ3v) is 7.00. The number of amides is 1. The zero-order valence-corrected chi connectivity index (χ0v) is 16.9. The number of hydrogen-bond acceptors (Lipinski definition) is 4. The van der Waals surface area contributed by atoms with Crippen molar-refractivity contribution < 1.29 is 17.6 Å². The van der Waals surface area contributed by atoms with Crippen LogP contribution in [0.25, 0.3) is 0 Å². The Bertz CT molecular complexity index is 1060. The number of hydrogen-bond donors (Lipinski definition) is 1. The van der Waals surface area contributed by atoms with Gasteiger partial charge in [0.05, 0.1) is 16.6 Å². The quantitative estimate of drug-likeness (QED) is 0.652. The maximum absolute atomic E-state index is 13.1. The van der Waals surface area contributed by atoms with Gasteiger partial charge in [-0.1, -0.05) is 30.3 Å². The van der Waals surface area contributed by atoms with E-state index in [1.54, 1.807) is 48.7 Å². The van der Waals surface area contributed by atoms with E-state index >= 15 is 0 Å². The molecule has 0 aliphatic carbocycles. The monoisotopic (exact) mass is 418 g/mol. The minimum absolute atomic E-state index is 0.148. The predicted octanol–water partition coefficient (Wildman–Crippen LogP) is 4.20. The SMILES string of the molecule is C[C@H](NC(=O)c1sccc1N(C)S(=O)(=O)c1ccccc1)c1ccc(F)cc1. The summed E-state index contributed by atoms with van der Waals surface area (Å²) in [7, 11) is -2.36. The molecule has 8 heteroatoms. The summed E-state index contributed by atoms with van der Waals surface area (Å²) < 4.78 is 39.9. The van der Waals surface area contributed by atoms with Crippen LogP contribution in [-0.4, -0.2) is 21.4 Å². The second-order valence-corrected chi connectivity index (χ2v) is 9.05. The molecule has 0 fully saturated rings. The van der Waals surface area contributed by atoms with Crippen molar-refractivity contribution in [3.05, 3.63) is 82.3 Å². The van der Waals surface area contributed by atoms with Crippen molar-refractivity contribution in [2.24, 2.45) is 0 Å². The van der Waals surface area contributed by atoms with Crippen LogP contribution in [-0.2, 0) is 10.0 Å². The summed E-state index contributed by atoms with van der Waals surface area (Å²) in [5.41, 5.74) is 1.05. The van der Waals surface area contributed by atoms with Crippen LogP contribution in [0, 0.1) is 5.82 Å². The van der Waals surface area contributed by atoms with Crippen LogP contribution in [0.5, 0.6) is 0 Å². The van der Waals surface area contributed by atoms with Gasteiger partial charge in [0.25, 0.3) is 15.9 Å². The molecule has 0 bridgehead atoms. The van der Waals surface area contributed by atoms with Gasteiger partial charge in [0.2, 0.25) is 0 Å². The molecule has 1 atom stereocenters. The zero-order chi connectivity index (χ0) is 20.3. The van der Waals surface area contributed by atoms with Gasteiger partial charge >= 0.3 is 0 Å². The lowest BCUT2D eigenvalue weighted by Gasteiger charge is -2.20. The van der Waals surface area contributed by atoms with Crippen molar-refractivity contribution in [1.29, 1.82) is 0 Å². The standard InChI is InChI=1S/C20H19FN2O3S2/c1-14(15-8-10-16(21)11-9-15)22-20(24)19-18(12-13-27-19)23(2)28(25,26)17-6-4-3-5-7-17/h3-14H,1-2H3,(H,22,24)/t14-/m0/s1. The number of sulfonamides is 1. The van der Waals surface area contributed by atoms with Gasteiger partial charge in [0, 0.05) is 7.05 Å². The smallest absolute Gasteiger partial charge is 0.264 e. The van der Waals surface area contributed by atoms with E-state index in [-0.39, 0.29) is 21.6 Å². The molecule has 3 rings (SSSR count). The number of carbonyl (C=O) groups is 1. The van der Waals surface area contributed by atoms with E-state index in [4.69, 9.17) is 0 Å². The van der Waals surface area contributed by atoms with Crippen LogP contribution in [0.15, 0.2) is 70.9 Å². The second-order valence-electron chi connectivity index (χ2n) is 6.17. The van der Waals surface area contributed by atoms with E-state index in [2.05, 4.69) is 5.32 Å². The van der Waals surface area contributed by atoms with Crippen LogP contribution >= 0.6 is 11.3 Å². The van der Waals surface area contributed by atoms with E-state index in [1.807, 2.05) is 0 Å². The van der Waals surface area contributed by atoms with Crippen LogP contribution in [0.4, 0.5) is 10.1 Å². The minimum Gasteiger partial charge on any atom is -0.345 e. The number of nitrogens with one attached hydrogen (secondary N) is 1. The van der Waals surface area contributed by atoms with Crippen molar-refractivity contribution in [1.82, 2.24) is 5.32 Å². The van der Waals surface area contributed by atoms with Crippen LogP contribution in [0.2, 0.25) is 0 Å². The fraction of sp³-hybridized carbons (Fsp3) is 0.150. The molecule has 0 spiro atoms. The summed E-state index contributed by atoms with van der Waals surface area (Å²) in [6, 6.07) is 15.1. The fourth-order valence-electron chi connectivity index (χ4n) is 2.70. The molecule has 146 valence electrons. The van der Waals surface area contributed by atoms with Gasteiger partial charge in [0.1, 0.15) is 10.7 Å². The summed E-state index contributed by atoms with van der Waals surface area (Å²) >= 11 is 1.16. The highest BCUT2D eigenvalue weighted by Crippen LogP contribution is 2.30. The van der Waals surface area contributed by atoms with Gasteiger partial charge in [-0.25, -0.2) is 12.8 Å². The Kier molecular flexibility index (Phi) is 5.81. The molecule has 5 nitrogen and oxygen atoms in total. The van der Waals surface area contributed by atoms with Crippen LogP contribution in [0.1, 0.15) is 28.2 Å². The van der Waals surface area contributed by atoms with Crippen molar-refractivity contribution in [3.63, 3.8) is 0 Å². The Morgan fingerprint density at radius 1 is 1.07 bits per heavy atom. The average molecular weight is 419 g/mol. The van der Waals surface area contributed by atoms with Gasteiger partial charge < -0.3 is 5.32 Å². The van der Waals surface area contributed by atoms with Gasteiger partial charge in [-0.2, -0.15) is 0 Å². The molecule has 0 unspecified atom stereocenters. The Hall–Kier alpha value is -2.71. The first-order chi connectivity index (χ1) is 13.3. The molecule has 3 aromatic rings. The molecule has 0 saturated carbocycles. The van der Waals surface area contributed by atoms with Gasteiger partial charge in [-0.15, -0.1) is 11.3 Å². The third-order valence-electron chi connectivity index (χ3n) is 4.31. The van der Waals surface area contributed by atoms with E-state index in [0.717, 1.165) is 21.2 Å². The Morgan fingerprint density at radius 3 is 2.36 bits per heavy atom. The molecule has 0 saturated heterocycles. The number of anilines is 1. The topological polar surface area (TPSA) is 66.5 Å². The highest BCUT2D eigenvalue weighted by molar-refractivity contribution is 7.92. The third kappa shape index (κ3) is 4.07. The van der Waals surface area contributed by atoms with Gasteiger partial charge in [-0.3, -0.25) is 9.10 Å². The lowest BCUT2D eigenvalue weighted by Crippen LogP contribution is -2.30. The fourth-order valence-corrected chi connectivity index (χ4v) is 4.81. The van der Waals surface area contributed by atoms with Crippen molar-refractivity contribution in [2.45, 2.75) is 17.9 Å². The Labute approximate surface area is 167 Å². The number of nitrogens with zero attached hydrogens (tertiary/aromatic N) is 1. The Morgan fingerprint density at radius 2 is 1.71 bits per heavy atom. The number of carbonyl (C=O) groups excluding carboxylic acids is 1. The van der Waals surface area contributed by atoms with Crippen LogP contribution < -0.4 is 9.62 Å². The number of halogens is 1. The first-order valence-electron chi connectivity index (χ1n) is 8.48. The number of benzene rings is 2. The highest BCUT2D eigenvalue weighted by Gasteiger charge is 2.26. The summed E-state index contributed by atoms with van der Waals surface area (Å²) in [6.07, 6.45) is 0. The molecule has 0 aliphatic rings. The molecule has 28 heavy (non-hydrogen) atoms. The molecule has 1 N–H and O–H groups in total. The molecular weight excluding hydrogens is 399 g/mol. The summed E-state index contributed by atoms with van der Waals surface area (Å²) in [6.45, 7) is 1.78. The summed E-state index contributed by atoms with van der Waals surface area (Å²) in [5, 5.41) is 4.50. The van der Waals surface area contributed by atoms with Crippen molar-refractivity contribution >= 4 is 33.0 Å². The molecule has 0 radical (unpaired) electrons.